The summed E-state index contributed by atoms with van der Waals surface area (Å²) in [6.07, 6.45) is 1.29. The van der Waals surface area contributed by atoms with Crippen LogP contribution < -0.4 is 5.73 Å². The Morgan fingerprint density at radius 2 is 1.95 bits per heavy atom. The van der Waals surface area contributed by atoms with E-state index in [1.165, 1.54) is 6.26 Å². The summed E-state index contributed by atoms with van der Waals surface area (Å²) < 4.78 is 29.5. The summed E-state index contributed by atoms with van der Waals surface area (Å²) in [6.45, 7) is 3.20. The van der Waals surface area contributed by atoms with Gasteiger partial charge in [-0.25, -0.2) is 8.42 Å². The van der Waals surface area contributed by atoms with Gasteiger partial charge in [-0.2, -0.15) is 0 Å². The molecule has 4 nitrogen and oxygen atoms in total. The van der Waals surface area contributed by atoms with Crippen molar-refractivity contribution in [2.24, 2.45) is 11.1 Å². The van der Waals surface area contributed by atoms with E-state index in [0.717, 1.165) is 5.56 Å². The predicted octanol–water partition coefficient (Wildman–Crippen LogP) is 1.18. The minimum Gasteiger partial charge on any atom is -0.381 e. The van der Waals surface area contributed by atoms with Crippen molar-refractivity contribution in [1.82, 2.24) is 0 Å². The summed E-state index contributed by atoms with van der Waals surface area (Å²) in [5.74, 6) is -0.0553. The van der Waals surface area contributed by atoms with Gasteiger partial charge < -0.3 is 10.5 Å². The fraction of sp³-hybridized carbons (Fsp3) is 0.571. The van der Waals surface area contributed by atoms with Crippen LogP contribution in [-0.2, 0) is 14.6 Å². The molecule has 0 heterocycles. The molecule has 0 aromatic heterocycles. The van der Waals surface area contributed by atoms with Crippen molar-refractivity contribution in [2.45, 2.75) is 18.1 Å². The average Bonchev–Trinajstić information content (AvgIpc) is 3.07. The van der Waals surface area contributed by atoms with Crippen LogP contribution in [0, 0.1) is 5.41 Å². The number of ether oxygens (including phenoxy) is 1. The fourth-order valence-electron chi connectivity index (χ4n) is 3.06. The number of hydrogen-bond acceptors (Lipinski definition) is 4. The number of sulfone groups is 1. The Labute approximate surface area is 114 Å². The molecule has 1 aromatic rings. The van der Waals surface area contributed by atoms with Crippen molar-refractivity contribution in [1.29, 1.82) is 0 Å². The third-order valence-corrected chi connectivity index (χ3v) is 5.62. The number of hydrogen-bond donors (Lipinski definition) is 1. The van der Waals surface area contributed by atoms with Crippen molar-refractivity contribution in [3.8, 4) is 0 Å². The molecule has 0 aliphatic heterocycles. The third kappa shape index (κ3) is 2.55. The zero-order valence-corrected chi connectivity index (χ0v) is 12.2. The van der Waals surface area contributed by atoms with Crippen molar-refractivity contribution >= 4 is 9.84 Å². The van der Waals surface area contributed by atoms with Gasteiger partial charge in [0.25, 0.3) is 0 Å². The van der Waals surface area contributed by atoms with E-state index in [4.69, 9.17) is 10.5 Å². The van der Waals surface area contributed by atoms with Gasteiger partial charge in [0.2, 0.25) is 0 Å². The molecular formula is C14H21NO3S. The molecule has 0 amide bonds. The molecule has 0 bridgehead atoms. The zero-order chi connectivity index (χ0) is 14.1. The highest BCUT2D eigenvalue weighted by molar-refractivity contribution is 7.91. The van der Waals surface area contributed by atoms with Gasteiger partial charge in [0, 0.05) is 30.7 Å². The fourth-order valence-corrected chi connectivity index (χ4v) is 5.07. The Kier molecular flexibility index (Phi) is 3.99. The first-order chi connectivity index (χ1) is 8.97. The first-order valence-electron chi connectivity index (χ1n) is 6.49. The van der Waals surface area contributed by atoms with Crippen molar-refractivity contribution in [3.05, 3.63) is 35.9 Å². The molecule has 0 radical (unpaired) electrons. The number of rotatable bonds is 6. The monoisotopic (exact) mass is 283 g/mol. The molecule has 19 heavy (non-hydrogen) atoms. The summed E-state index contributed by atoms with van der Waals surface area (Å²) in [5, 5.41) is -0.432. The Bertz CT molecular complexity index is 529. The van der Waals surface area contributed by atoms with Crippen molar-refractivity contribution in [3.63, 3.8) is 0 Å². The summed E-state index contributed by atoms with van der Waals surface area (Å²) in [4.78, 5) is 0. The molecular weight excluding hydrogens is 262 g/mol. The van der Waals surface area contributed by atoms with E-state index >= 15 is 0 Å². The first-order valence-corrected chi connectivity index (χ1v) is 8.44. The molecule has 1 aliphatic carbocycles. The van der Waals surface area contributed by atoms with Gasteiger partial charge in [-0.15, -0.1) is 0 Å². The molecule has 0 saturated heterocycles. The lowest BCUT2D eigenvalue weighted by molar-refractivity contribution is 0.101. The third-order valence-electron chi connectivity index (χ3n) is 3.95. The second-order valence-corrected chi connectivity index (χ2v) is 7.38. The van der Waals surface area contributed by atoms with Crippen LogP contribution in [0.5, 0.6) is 0 Å². The lowest BCUT2D eigenvalue weighted by atomic mass is 10.0. The van der Waals surface area contributed by atoms with E-state index in [0.29, 0.717) is 19.8 Å². The first kappa shape index (κ1) is 14.5. The van der Waals surface area contributed by atoms with E-state index in [9.17, 15) is 8.42 Å². The van der Waals surface area contributed by atoms with Crippen LogP contribution in [0.4, 0.5) is 0 Å². The molecule has 5 heteroatoms. The summed E-state index contributed by atoms with van der Waals surface area (Å²) in [6, 6.07) is 9.70. The predicted molar refractivity (Wildman–Crippen MR) is 75.8 cm³/mol. The van der Waals surface area contributed by atoms with Crippen molar-refractivity contribution in [2.75, 3.05) is 26.0 Å². The van der Waals surface area contributed by atoms with Gasteiger partial charge in [-0.05, 0) is 12.5 Å². The van der Waals surface area contributed by atoms with Crippen LogP contribution in [0.1, 0.15) is 18.4 Å². The summed E-state index contributed by atoms with van der Waals surface area (Å²) in [5.41, 5.74) is 6.44. The maximum atomic E-state index is 12.0. The van der Waals surface area contributed by atoms with Gasteiger partial charge in [0.1, 0.15) is 0 Å². The lowest BCUT2D eigenvalue weighted by Gasteiger charge is -2.15. The van der Waals surface area contributed by atoms with Crippen LogP contribution in [0.2, 0.25) is 0 Å². The molecule has 106 valence electrons. The van der Waals surface area contributed by atoms with E-state index in [1.54, 1.807) is 0 Å². The van der Waals surface area contributed by atoms with Gasteiger partial charge in [0.15, 0.2) is 9.84 Å². The van der Waals surface area contributed by atoms with Gasteiger partial charge in [-0.3, -0.25) is 0 Å². The molecule has 2 rings (SSSR count). The second-order valence-electron chi connectivity index (χ2n) is 5.21. The Balaban J connectivity index is 2.35. The highest BCUT2D eigenvalue weighted by atomic mass is 32.2. The summed E-state index contributed by atoms with van der Waals surface area (Å²) >= 11 is 0. The highest BCUT2D eigenvalue weighted by Crippen LogP contribution is 2.62. The average molecular weight is 283 g/mol. The maximum absolute atomic E-state index is 12.0. The quantitative estimate of drug-likeness (QED) is 0.851. The minimum atomic E-state index is -3.14. The van der Waals surface area contributed by atoms with Crippen LogP contribution in [0.15, 0.2) is 30.3 Å². The Morgan fingerprint density at radius 3 is 2.42 bits per heavy atom. The van der Waals surface area contributed by atoms with E-state index in [1.807, 2.05) is 37.3 Å². The largest absolute Gasteiger partial charge is 0.381 e. The van der Waals surface area contributed by atoms with Crippen molar-refractivity contribution < 1.29 is 13.2 Å². The van der Waals surface area contributed by atoms with Gasteiger partial charge in [0.05, 0.1) is 11.9 Å². The summed E-state index contributed by atoms with van der Waals surface area (Å²) in [7, 11) is -3.14. The van der Waals surface area contributed by atoms with E-state index in [-0.39, 0.29) is 5.92 Å². The maximum Gasteiger partial charge on any atom is 0.151 e. The molecule has 1 saturated carbocycles. The molecule has 1 aliphatic rings. The van der Waals surface area contributed by atoms with E-state index < -0.39 is 20.5 Å². The lowest BCUT2D eigenvalue weighted by Crippen LogP contribution is -2.28. The second kappa shape index (κ2) is 5.23. The molecule has 1 fully saturated rings. The molecule has 0 unspecified atom stereocenters. The number of benzene rings is 1. The number of nitrogens with two attached hydrogens (primary N) is 1. The Hall–Kier alpha value is -0.910. The molecule has 2 N–H and O–H groups in total. The topological polar surface area (TPSA) is 69.4 Å². The van der Waals surface area contributed by atoms with Crippen LogP contribution >= 0.6 is 0 Å². The SMILES string of the molecule is CCOC[C@@]1(CN)[C@H](S(C)(=O)=O)[C@@H]1c1ccccc1. The van der Waals surface area contributed by atoms with Gasteiger partial charge in [-0.1, -0.05) is 30.3 Å². The zero-order valence-electron chi connectivity index (χ0n) is 11.4. The minimum absolute atomic E-state index is 0.0553. The molecule has 1 aromatic carbocycles. The van der Waals surface area contributed by atoms with E-state index in [2.05, 4.69) is 0 Å². The highest BCUT2D eigenvalue weighted by Gasteiger charge is 2.69. The Morgan fingerprint density at radius 1 is 1.32 bits per heavy atom. The van der Waals surface area contributed by atoms with Crippen LogP contribution in [0.25, 0.3) is 0 Å². The van der Waals surface area contributed by atoms with Gasteiger partial charge >= 0.3 is 0 Å². The van der Waals surface area contributed by atoms with Crippen LogP contribution in [0.3, 0.4) is 0 Å². The smallest absolute Gasteiger partial charge is 0.151 e. The standard InChI is InChI=1S/C14H21NO3S/c1-3-18-10-14(9-15)12(13(14)19(2,16)17)11-7-5-4-6-8-11/h4-8,12-13H,3,9-10,15H2,1-2H3/t12-,13+,14+/m0/s1. The molecule has 0 spiro atoms. The van der Waals surface area contributed by atoms with Crippen LogP contribution in [-0.4, -0.2) is 39.7 Å². The molecule has 3 atom stereocenters. The normalized spacial score (nSPS) is 30.3.